The molecule has 0 radical (unpaired) electrons. The van der Waals surface area contributed by atoms with Crippen molar-refractivity contribution in [2.75, 3.05) is 6.61 Å². The zero-order valence-corrected chi connectivity index (χ0v) is 18.9. The second-order valence-corrected chi connectivity index (χ2v) is 7.97. The highest BCUT2D eigenvalue weighted by atomic mass is 79.9. The number of halogens is 2. The second kappa shape index (κ2) is 9.82. The molecule has 0 aromatic heterocycles. The van der Waals surface area contributed by atoms with Crippen LogP contribution in [0.25, 0.3) is 10.8 Å². The summed E-state index contributed by atoms with van der Waals surface area (Å²) in [6.07, 6.45) is 0. The van der Waals surface area contributed by atoms with E-state index in [4.69, 9.17) is 17.0 Å². The fourth-order valence-electron chi connectivity index (χ4n) is 2.47. The van der Waals surface area contributed by atoms with Gasteiger partial charge in [0.1, 0.15) is 5.75 Å². The summed E-state index contributed by atoms with van der Waals surface area (Å²) in [4.78, 5) is 24.0. The summed E-state index contributed by atoms with van der Waals surface area (Å²) in [5, 5.41) is 4.40. The van der Waals surface area contributed by atoms with Crippen molar-refractivity contribution in [2.24, 2.45) is 0 Å². The van der Waals surface area contributed by atoms with Gasteiger partial charge in [-0.1, -0.05) is 46.3 Å². The van der Waals surface area contributed by atoms with Gasteiger partial charge in [-0.15, -0.1) is 0 Å². The van der Waals surface area contributed by atoms with Crippen LogP contribution in [0.15, 0.2) is 69.6 Å². The van der Waals surface area contributed by atoms with Gasteiger partial charge in [0.25, 0.3) is 11.8 Å². The van der Waals surface area contributed by atoms with E-state index in [9.17, 15) is 9.59 Å². The van der Waals surface area contributed by atoms with E-state index in [0.29, 0.717) is 11.3 Å². The Morgan fingerprint density at radius 2 is 1.72 bits per heavy atom. The summed E-state index contributed by atoms with van der Waals surface area (Å²) in [6.45, 7) is -0.241. The van der Waals surface area contributed by atoms with E-state index in [2.05, 4.69) is 48.0 Å². The molecule has 3 N–H and O–H groups in total. The van der Waals surface area contributed by atoms with Gasteiger partial charge < -0.3 is 4.74 Å². The third-order valence-electron chi connectivity index (χ3n) is 3.82. The molecule has 2 amide bonds. The summed E-state index contributed by atoms with van der Waals surface area (Å²) in [5.41, 5.74) is 5.36. The zero-order valence-electron chi connectivity index (χ0n) is 14.9. The van der Waals surface area contributed by atoms with Gasteiger partial charge in [0.2, 0.25) is 0 Å². The van der Waals surface area contributed by atoms with Crippen molar-refractivity contribution >= 4 is 71.8 Å². The molecule has 148 valence electrons. The third-order valence-corrected chi connectivity index (χ3v) is 5.33. The molecular formula is C20H15Br2N3O3S. The van der Waals surface area contributed by atoms with E-state index < -0.39 is 5.91 Å². The van der Waals surface area contributed by atoms with Crippen molar-refractivity contribution in [1.29, 1.82) is 0 Å². The van der Waals surface area contributed by atoms with Crippen LogP contribution in [-0.4, -0.2) is 23.5 Å². The maximum absolute atomic E-state index is 12.1. The molecule has 0 heterocycles. The predicted octanol–water partition coefficient (Wildman–Crippen LogP) is 4.08. The minimum Gasteiger partial charge on any atom is -0.483 e. The number of thiocarbonyl (C=S) groups is 1. The van der Waals surface area contributed by atoms with Gasteiger partial charge in [-0.05, 0) is 69.3 Å². The van der Waals surface area contributed by atoms with Crippen LogP contribution in [0.4, 0.5) is 0 Å². The number of amides is 2. The van der Waals surface area contributed by atoms with Crippen LogP contribution in [-0.2, 0) is 4.79 Å². The number of hydrazine groups is 1. The van der Waals surface area contributed by atoms with Gasteiger partial charge in [-0.25, -0.2) is 0 Å². The zero-order chi connectivity index (χ0) is 20.8. The molecule has 0 atom stereocenters. The number of carbonyl (C=O) groups excluding carboxylic acids is 2. The van der Waals surface area contributed by atoms with Crippen molar-refractivity contribution in [3.63, 3.8) is 0 Å². The first-order chi connectivity index (χ1) is 13.9. The fraction of sp³-hybridized carbons (Fsp3) is 0.0500. The number of carbonyl (C=O) groups is 2. The molecule has 3 aromatic carbocycles. The van der Waals surface area contributed by atoms with Crippen LogP contribution in [0.1, 0.15) is 10.4 Å². The number of fused-ring (bicyclic) bond motifs is 1. The van der Waals surface area contributed by atoms with Crippen molar-refractivity contribution < 1.29 is 14.3 Å². The Morgan fingerprint density at radius 3 is 2.48 bits per heavy atom. The topological polar surface area (TPSA) is 79.5 Å². The molecule has 0 aliphatic heterocycles. The molecule has 9 heteroatoms. The lowest BCUT2D eigenvalue weighted by Gasteiger charge is -2.12. The summed E-state index contributed by atoms with van der Waals surface area (Å²) in [5.74, 6) is -0.296. The quantitative estimate of drug-likeness (QED) is 0.346. The highest BCUT2D eigenvalue weighted by Crippen LogP contribution is 2.34. The normalized spacial score (nSPS) is 10.3. The first-order valence-electron chi connectivity index (χ1n) is 8.40. The van der Waals surface area contributed by atoms with Crippen LogP contribution < -0.4 is 20.9 Å². The summed E-state index contributed by atoms with van der Waals surface area (Å²) < 4.78 is 7.32. The Balaban J connectivity index is 1.50. The Hall–Kier alpha value is -2.49. The number of hydrogen-bond acceptors (Lipinski definition) is 4. The van der Waals surface area contributed by atoms with E-state index in [-0.39, 0.29) is 17.6 Å². The Kier molecular flexibility index (Phi) is 7.18. The fourth-order valence-corrected chi connectivity index (χ4v) is 3.62. The average molecular weight is 537 g/mol. The lowest BCUT2D eigenvalue weighted by molar-refractivity contribution is -0.121. The first kappa shape index (κ1) is 21.2. The van der Waals surface area contributed by atoms with Crippen molar-refractivity contribution in [2.45, 2.75) is 0 Å². The minimum absolute atomic E-state index is 0.0368. The van der Waals surface area contributed by atoms with Gasteiger partial charge >= 0.3 is 0 Å². The molecule has 0 aliphatic carbocycles. The molecule has 0 saturated carbocycles. The van der Waals surface area contributed by atoms with Crippen LogP contribution in [0.2, 0.25) is 0 Å². The lowest BCUT2D eigenvalue weighted by atomic mass is 10.1. The number of hydrogen-bond donors (Lipinski definition) is 3. The smallest absolute Gasteiger partial charge is 0.269 e. The molecule has 6 nitrogen and oxygen atoms in total. The predicted molar refractivity (Wildman–Crippen MR) is 123 cm³/mol. The highest BCUT2D eigenvalue weighted by molar-refractivity contribution is 9.11. The summed E-state index contributed by atoms with van der Waals surface area (Å²) in [6, 6.07) is 18.2. The monoisotopic (exact) mass is 535 g/mol. The molecular weight excluding hydrogens is 522 g/mol. The number of ether oxygens (including phenoxy) is 1. The summed E-state index contributed by atoms with van der Waals surface area (Å²) >= 11 is 12.0. The molecule has 0 fully saturated rings. The standard InChI is InChI=1S/C20H15Br2N3O3S/c21-14-7-8-15-13(10-14)6-9-16(18(15)22)28-11-17(26)23-20(29)25-24-19(27)12-4-2-1-3-5-12/h1-10H,11H2,(H,24,27)(H2,23,25,26,29). The number of benzene rings is 3. The molecule has 3 rings (SSSR count). The van der Waals surface area contributed by atoms with E-state index in [1.165, 1.54) is 0 Å². The van der Waals surface area contributed by atoms with Crippen LogP contribution >= 0.6 is 44.1 Å². The van der Waals surface area contributed by atoms with E-state index in [1.807, 2.05) is 30.3 Å². The molecule has 0 aliphatic rings. The number of nitrogens with one attached hydrogen (secondary N) is 3. The molecule has 0 spiro atoms. The Labute approximate surface area is 189 Å². The molecule has 29 heavy (non-hydrogen) atoms. The molecule has 3 aromatic rings. The van der Waals surface area contributed by atoms with Gasteiger partial charge in [0.15, 0.2) is 11.7 Å². The average Bonchev–Trinajstić information content (AvgIpc) is 2.72. The highest BCUT2D eigenvalue weighted by Gasteiger charge is 2.11. The maximum atomic E-state index is 12.1. The third kappa shape index (κ3) is 5.75. The minimum atomic E-state index is -0.459. The second-order valence-electron chi connectivity index (χ2n) is 5.85. The van der Waals surface area contributed by atoms with Crippen LogP contribution in [0.5, 0.6) is 5.75 Å². The molecule has 0 unspecified atom stereocenters. The SMILES string of the molecule is O=C(COc1ccc2cc(Br)ccc2c1Br)NC(=S)NNC(=O)c1ccccc1. The largest absolute Gasteiger partial charge is 0.483 e. The lowest BCUT2D eigenvalue weighted by Crippen LogP contribution is -2.49. The molecule has 0 bridgehead atoms. The Bertz CT molecular complexity index is 1080. The van der Waals surface area contributed by atoms with Crippen molar-refractivity contribution in [3.05, 3.63) is 75.2 Å². The Morgan fingerprint density at radius 1 is 0.966 bits per heavy atom. The van der Waals surface area contributed by atoms with Gasteiger partial charge in [-0.2, -0.15) is 0 Å². The van der Waals surface area contributed by atoms with Gasteiger partial charge in [-0.3, -0.25) is 25.8 Å². The van der Waals surface area contributed by atoms with Crippen LogP contribution in [0.3, 0.4) is 0 Å². The first-order valence-corrected chi connectivity index (χ1v) is 10.4. The number of rotatable bonds is 4. The molecule has 0 saturated heterocycles. The van der Waals surface area contributed by atoms with E-state index in [1.54, 1.807) is 30.3 Å². The van der Waals surface area contributed by atoms with Crippen molar-refractivity contribution in [3.8, 4) is 5.75 Å². The maximum Gasteiger partial charge on any atom is 0.269 e. The van der Waals surface area contributed by atoms with Crippen LogP contribution in [0, 0.1) is 0 Å². The van der Waals surface area contributed by atoms with Gasteiger partial charge in [0, 0.05) is 10.0 Å². The van der Waals surface area contributed by atoms with Crippen molar-refractivity contribution in [1.82, 2.24) is 16.2 Å². The van der Waals surface area contributed by atoms with E-state index in [0.717, 1.165) is 19.7 Å². The van der Waals surface area contributed by atoms with E-state index >= 15 is 0 Å². The van der Waals surface area contributed by atoms with Gasteiger partial charge in [0.05, 0.1) is 4.47 Å². The summed E-state index contributed by atoms with van der Waals surface area (Å²) in [7, 11) is 0.